The molecular formula is C25H20N2O7. The molecule has 1 fully saturated rings. The Labute approximate surface area is 194 Å². The van der Waals surface area contributed by atoms with Crippen molar-refractivity contribution < 1.29 is 29.1 Å². The number of Topliss-reactive ketones (excluding diaryl/α,β-unsaturated/α-hetero) is 1. The van der Waals surface area contributed by atoms with Crippen molar-refractivity contribution >= 4 is 28.8 Å². The number of aliphatic hydroxyl groups excluding tert-OH is 1. The summed E-state index contributed by atoms with van der Waals surface area (Å²) in [5.41, 5.74) is 0.736. The quantitative estimate of drug-likeness (QED) is 0.192. The highest BCUT2D eigenvalue weighted by Crippen LogP contribution is 2.45. The van der Waals surface area contributed by atoms with Crippen molar-refractivity contribution in [3.8, 4) is 11.5 Å². The van der Waals surface area contributed by atoms with Crippen LogP contribution in [0.4, 0.5) is 11.4 Å². The maximum atomic E-state index is 13.2. The molecule has 0 aromatic heterocycles. The maximum absolute atomic E-state index is 13.2. The molecular weight excluding hydrogens is 440 g/mol. The lowest BCUT2D eigenvalue weighted by Crippen LogP contribution is -2.29. The molecule has 1 aliphatic rings. The molecule has 172 valence electrons. The molecule has 1 atom stereocenters. The minimum absolute atomic E-state index is 0.161. The number of para-hydroxylation sites is 1. The highest BCUT2D eigenvalue weighted by molar-refractivity contribution is 6.51. The number of hydrogen-bond acceptors (Lipinski definition) is 7. The number of hydrogen-bond donors (Lipinski definition) is 1. The first-order chi connectivity index (χ1) is 16.4. The smallest absolute Gasteiger partial charge is 0.300 e. The van der Waals surface area contributed by atoms with Crippen molar-refractivity contribution in [1.29, 1.82) is 0 Å². The van der Waals surface area contributed by atoms with E-state index in [0.717, 1.165) is 0 Å². The second-order valence-electron chi connectivity index (χ2n) is 7.42. The summed E-state index contributed by atoms with van der Waals surface area (Å²) in [6.45, 7) is 0. The molecule has 34 heavy (non-hydrogen) atoms. The van der Waals surface area contributed by atoms with E-state index in [1.165, 1.54) is 43.4 Å². The number of ether oxygens (including phenoxy) is 2. The fourth-order valence-electron chi connectivity index (χ4n) is 3.92. The maximum Gasteiger partial charge on any atom is 0.300 e. The first-order valence-corrected chi connectivity index (χ1v) is 10.2. The van der Waals surface area contributed by atoms with E-state index in [1.54, 1.807) is 48.5 Å². The molecule has 1 amide bonds. The van der Waals surface area contributed by atoms with Gasteiger partial charge in [0, 0.05) is 35.0 Å². The molecule has 0 radical (unpaired) electrons. The average Bonchev–Trinajstić information content (AvgIpc) is 3.13. The van der Waals surface area contributed by atoms with Crippen molar-refractivity contribution in [2.45, 2.75) is 6.04 Å². The van der Waals surface area contributed by atoms with Crippen molar-refractivity contribution in [2.24, 2.45) is 0 Å². The molecule has 0 unspecified atom stereocenters. The summed E-state index contributed by atoms with van der Waals surface area (Å²) >= 11 is 0. The number of amides is 1. The minimum atomic E-state index is -1.02. The number of aliphatic hydroxyl groups is 1. The van der Waals surface area contributed by atoms with Gasteiger partial charge < -0.3 is 14.6 Å². The van der Waals surface area contributed by atoms with Gasteiger partial charge in [0.05, 0.1) is 30.8 Å². The number of anilines is 1. The molecule has 1 aliphatic heterocycles. The van der Waals surface area contributed by atoms with Gasteiger partial charge in [-0.1, -0.05) is 18.2 Å². The molecule has 4 rings (SSSR count). The van der Waals surface area contributed by atoms with Gasteiger partial charge in [-0.25, -0.2) is 0 Å². The third-order valence-electron chi connectivity index (χ3n) is 5.57. The van der Waals surface area contributed by atoms with Crippen molar-refractivity contribution in [3.05, 3.63) is 99.6 Å². The van der Waals surface area contributed by atoms with Gasteiger partial charge in [-0.3, -0.25) is 24.6 Å². The molecule has 0 spiro atoms. The van der Waals surface area contributed by atoms with Crippen LogP contribution in [0.3, 0.4) is 0 Å². The molecule has 9 nitrogen and oxygen atoms in total. The Morgan fingerprint density at radius 2 is 1.65 bits per heavy atom. The average molecular weight is 460 g/mol. The number of benzene rings is 3. The normalized spacial score (nSPS) is 17.0. The lowest BCUT2D eigenvalue weighted by atomic mass is 9.94. The van der Waals surface area contributed by atoms with Crippen LogP contribution in [0.2, 0.25) is 0 Å². The minimum Gasteiger partial charge on any atom is -0.507 e. The number of nitrogens with zero attached hydrogens (tertiary/aromatic N) is 2. The number of rotatable bonds is 6. The van der Waals surface area contributed by atoms with Crippen LogP contribution in [0, 0.1) is 10.1 Å². The van der Waals surface area contributed by atoms with Gasteiger partial charge in [0.1, 0.15) is 17.3 Å². The lowest BCUT2D eigenvalue weighted by Gasteiger charge is -2.26. The number of nitro benzene ring substituents is 1. The van der Waals surface area contributed by atoms with E-state index in [2.05, 4.69) is 0 Å². The fourth-order valence-corrected chi connectivity index (χ4v) is 3.92. The van der Waals surface area contributed by atoms with E-state index in [-0.39, 0.29) is 16.8 Å². The zero-order valence-corrected chi connectivity index (χ0v) is 18.3. The SMILES string of the molecule is COc1ccc([C@H]2/C(=C(\O)c3ccc([N+](=O)[O-])cc3)C(=O)C(=O)N2c2ccccc2)c(OC)c1. The van der Waals surface area contributed by atoms with Crippen molar-refractivity contribution in [3.63, 3.8) is 0 Å². The van der Waals surface area contributed by atoms with Gasteiger partial charge in [0.2, 0.25) is 0 Å². The van der Waals surface area contributed by atoms with E-state index in [0.29, 0.717) is 22.7 Å². The molecule has 1 saturated heterocycles. The fraction of sp³-hybridized carbons (Fsp3) is 0.120. The van der Waals surface area contributed by atoms with E-state index < -0.39 is 28.4 Å². The van der Waals surface area contributed by atoms with Crippen molar-refractivity contribution in [1.82, 2.24) is 0 Å². The zero-order valence-electron chi connectivity index (χ0n) is 18.3. The number of nitro groups is 1. The number of methoxy groups -OCH3 is 2. The van der Waals surface area contributed by atoms with Crippen LogP contribution in [0.5, 0.6) is 11.5 Å². The number of ketones is 1. The van der Waals surface area contributed by atoms with Crippen LogP contribution in [-0.2, 0) is 9.59 Å². The van der Waals surface area contributed by atoms with Crippen molar-refractivity contribution in [2.75, 3.05) is 19.1 Å². The summed E-state index contributed by atoms with van der Waals surface area (Å²) in [4.78, 5) is 38.1. The first-order valence-electron chi connectivity index (χ1n) is 10.2. The Hall–Kier alpha value is -4.66. The highest BCUT2D eigenvalue weighted by Gasteiger charge is 2.48. The summed E-state index contributed by atoms with van der Waals surface area (Å²) in [6, 6.07) is 17.6. The highest BCUT2D eigenvalue weighted by atomic mass is 16.6. The first kappa shape index (κ1) is 22.5. The summed E-state index contributed by atoms with van der Waals surface area (Å²) < 4.78 is 10.8. The molecule has 0 saturated carbocycles. The molecule has 1 heterocycles. The van der Waals surface area contributed by atoms with E-state index in [1.807, 2.05) is 0 Å². The largest absolute Gasteiger partial charge is 0.507 e. The van der Waals surface area contributed by atoms with E-state index >= 15 is 0 Å². The Morgan fingerprint density at radius 3 is 2.24 bits per heavy atom. The van der Waals surface area contributed by atoms with Crippen LogP contribution in [-0.4, -0.2) is 35.9 Å². The topological polar surface area (TPSA) is 119 Å². The van der Waals surface area contributed by atoms with E-state index in [9.17, 15) is 24.8 Å². The number of carbonyl (C=O) groups excluding carboxylic acids is 2. The molecule has 3 aromatic rings. The summed E-state index contributed by atoms with van der Waals surface area (Å²) in [7, 11) is 2.95. The van der Waals surface area contributed by atoms with Crippen LogP contribution in [0.1, 0.15) is 17.2 Å². The zero-order chi connectivity index (χ0) is 24.4. The Morgan fingerprint density at radius 1 is 0.971 bits per heavy atom. The standard InChI is InChI=1S/C25H20N2O7/c1-33-18-12-13-19(20(14-18)34-2)22-21(23(28)15-8-10-17(11-9-15)27(31)32)24(29)25(30)26(22)16-6-4-3-5-7-16/h3-14,22,28H,1-2H3/b23-21+/t22-/m0/s1. The Bertz CT molecular complexity index is 1300. The number of carbonyl (C=O) groups is 2. The number of non-ortho nitro benzene ring substituents is 1. The molecule has 9 heteroatoms. The predicted octanol–water partition coefficient (Wildman–Crippen LogP) is 4.24. The lowest BCUT2D eigenvalue weighted by molar-refractivity contribution is -0.384. The van der Waals surface area contributed by atoms with Crippen LogP contribution in [0.15, 0.2) is 78.4 Å². The summed E-state index contributed by atoms with van der Waals surface area (Å²) in [6.07, 6.45) is 0. The predicted molar refractivity (Wildman–Crippen MR) is 124 cm³/mol. The second kappa shape index (κ2) is 9.07. The Balaban J connectivity index is 1.96. The van der Waals surface area contributed by atoms with Crippen LogP contribution in [0.25, 0.3) is 5.76 Å². The molecule has 1 N–H and O–H groups in total. The van der Waals surface area contributed by atoms with Gasteiger partial charge in [-0.15, -0.1) is 0 Å². The van der Waals surface area contributed by atoms with Crippen LogP contribution >= 0.6 is 0 Å². The molecule has 3 aromatic carbocycles. The van der Waals surface area contributed by atoms with Gasteiger partial charge >= 0.3 is 0 Å². The third-order valence-corrected chi connectivity index (χ3v) is 5.57. The van der Waals surface area contributed by atoms with E-state index in [4.69, 9.17) is 9.47 Å². The summed E-state index contributed by atoms with van der Waals surface area (Å²) in [5, 5.41) is 22.1. The Kier molecular flexibility index (Phi) is 6.01. The third kappa shape index (κ3) is 3.83. The van der Waals surface area contributed by atoms with Crippen LogP contribution < -0.4 is 14.4 Å². The molecule has 0 bridgehead atoms. The summed E-state index contributed by atoms with van der Waals surface area (Å²) in [5.74, 6) is -1.30. The molecule has 0 aliphatic carbocycles. The van der Waals surface area contributed by atoms with Gasteiger partial charge in [0.15, 0.2) is 0 Å². The van der Waals surface area contributed by atoms with Gasteiger partial charge in [0.25, 0.3) is 17.4 Å². The second-order valence-corrected chi connectivity index (χ2v) is 7.42. The van der Waals surface area contributed by atoms with Gasteiger partial charge in [-0.2, -0.15) is 0 Å². The van der Waals surface area contributed by atoms with Gasteiger partial charge in [-0.05, 0) is 36.4 Å². The monoisotopic (exact) mass is 460 g/mol.